The summed E-state index contributed by atoms with van der Waals surface area (Å²) < 4.78 is 41.9. The molecule has 0 aliphatic carbocycles. The maximum absolute atomic E-state index is 12.5. The van der Waals surface area contributed by atoms with Crippen molar-refractivity contribution in [2.45, 2.75) is 6.18 Å². The molecule has 1 amide bonds. The molecule has 2 aromatic rings. The number of carbonyl (C=O) groups is 2. The molecule has 0 radical (unpaired) electrons. The highest BCUT2D eigenvalue weighted by molar-refractivity contribution is 7.14. The monoisotopic (exact) mass is 329 g/mol. The van der Waals surface area contributed by atoms with E-state index in [4.69, 9.17) is 0 Å². The Kier molecular flexibility index (Phi) is 4.51. The molecule has 22 heavy (non-hydrogen) atoms. The molecule has 8 heteroatoms. The van der Waals surface area contributed by atoms with E-state index in [-0.39, 0.29) is 16.1 Å². The van der Waals surface area contributed by atoms with Crippen LogP contribution in [0.3, 0.4) is 0 Å². The number of methoxy groups -OCH3 is 1. The van der Waals surface area contributed by atoms with Crippen molar-refractivity contribution in [2.75, 3.05) is 12.4 Å². The predicted octanol–water partition coefficient (Wildman–Crippen LogP) is 3.81. The van der Waals surface area contributed by atoms with E-state index in [2.05, 4.69) is 10.1 Å². The summed E-state index contributed by atoms with van der Waals surface area (Å²) in [5.41, 5.74) is -0.597. The summed E-state index contributed by atoms with van der Waals surface area (Å²) in [7, 11) is 1.21. The zero-order valence-electron chi connectivity index (χ0n) is 11.2. The maximum Gasteiger partial charge on any atom is 0.416 e. The van der Waals surface area contributed by atoms with E-state index in [9.17, 15) is 22.8 Å². The number of amides is 1. The number of rotatable bonds is 3. The summed E-state index contributed by atoms with van der Waals surface area (Å²) in [6, 6.07) is 5.28. The van der Waals surface area contributed by atoms with Crippen LogP contribution in [0.25, 0.3) is 0 Å². The first-order valence-corrected chi connectivity index (χ1v) is 6.85. The van der Waals surface area contributed by atoms with Crippen LogP contribution in [-0.2, 0) is 10.9 Å². The summed E-state index contributed by atoms with van der Waals surface area (Å²) >= 11 is 1.11. The Morgan fingerprint density at radius 2 is 1.77 bits per heavy atom. The summed E-state index contributed by atoms with van der Waals surface area (Å²) in [4.78, 5) is 23.5. The Labute approximate surface area is 127 Å². The lowest BCUT2D eigenvalue weighted by Crippen LogP contribution is -2.14. The summed E-state index contributed by atoms with van der Waals surface area (Å²) in [5, 5.41) is 4.34. The minimum absolute atomic E-state index is 0.0530. The Hall–Kier alpha value is -2.35. The number of nitrogens with one attached hydrogen (secondary N) is 1. The molecule has 1 N–H and O–H groups in total. The first-order chi connectivity index (χ1) is 10.3. The third-order valence-corrected chi connectivity index (χ3v) is 3.60. The Balaban J connectivity index is 2.16. The normalized spacial score (nSPS) is 11.1. The number of ether oxygens (including phenoxy) is 1. The standard InChI is InChI=1S/C14H10F3NO3S/c1-21-13(20)10-6-7-22-12(10)18-11(19)8-2-4-9(5-3-8)14(15,16)17/h2-7H,1H3,(H,18,19). The van der Waals surface area contributed by atoms with Gasteiger partial charge >= 0.3 is 12.1 Å². The van der Waals surface area contributed by atoms with Gasteiger partial charge in [0.15, 0.2) is 0 Å². The molecule has 4 nitrogen and oxygen atoms in total. The second-order valence-corrected chi connectivity index (χ2v) is 5.10. The third kappa shape index (κ3) is 3.45. The van der Waals surface area contributed by atoms with Gasteiger partial charge in [0.1, 0.15) is 5.00 Å². The molecule has 0 aliphatic rings. The van der Waals surface area contributed by atoms with Crippen molar-refractivity contribution in [2.24, 2.45) is 0 Å². The first kappa shape index (κ1) is 16.0. The van der Waals surface area contributed by atoms with E-state index in [0.29, 0.717) is 0 Å². The fourth-order valence-electron chi connectivity index (χ4n) is 1.66. The topological polar surface area (TPSA) is 55.4 Å². The third-order valence-electron chi connectivity index (χ3n) is 2.77. The van der Waals surface area contributed by atoms with Gasteiger partial charge in [-0.1, -0.05) is 0 Å². The van der Waals surface area contributed by atoms with Crippen LogP contribution in [0.1, 0.15) is 26.3 Å². The van der Waals surface area contributed by atoms with Crippen molar-refractivity contribution in [1.29, 1.82) is 0 Å². The van der Waals surface area contributed by atoms with Gasteiger partial charge in [0.05, 0.1) is 18.2 Å². The van der Waals surface area contributed by atoms with Crippen LogP contribution in [0.2, 0.25) is 0 Å². The SMILES string of the molecule is COC(=O)c1ccsc1NC(=O)c1ccc(C(F)(F)F)cc1. The summed E-state index contributed by atoms with van der Waals surface area (Å²) in [5.74, 6) is -1.22. The van der Waals surface area contributed by atoms with E-state index in [1.165, 1.54) is 13.2 Å². The zero-order valence-corrected chi connectivity index (χ0v) is 12.0. The smallest absolute Gasteiger partial charge is 0.416 e. The first-order valence-electron chi connectivity index (χ1n) is 5.97. The van der Waals surface area contributed by atoms with Crippen molar-refractivity contribution in [3.8, 4) is 0 Å². The van der Waals surface area contributed by atoms with Gasteiger partial charge in [-0.15, -0.1) is 11.3 Å². The van der Waals surface area contributed by atoms with Crippen LogP contribution in [-0.4, -0.2) is 19.0 Å². The maximum atomic E-state index is 12.5. The molecule has 0 saturated carbocycles. The summed E-state index contributed by atoms with van der Waals surface area (Å²) in [6.45, 7) is 0. The number of alkyl halides is 3. The second-order valence-electron chi connectivity index (χ2n) is 4.18. The van der Waals surface area contributed by atoms with Crippen LogP contribution in [0.15, 0.2) is 35.7 Å². The molecule has 116 valence electrons. The van der Waals surface area contributed by atoms with Crippen LogP contribution < -0.4 is 5.32 Å². The van der Waals surface area contributed by atoms with E-state index >= 15 is 0 Å². The van der Waals surface area contributed by atoms with Crippen molar-refractivity contribution in [1.82, 2.24) is 0 Å². The lowest BCUT2D eigenvalue weighted by molar-refractivity contribution is -0.137. The van der Waals surface area contributed by atoms with Crippen molar-refractivity contribution >= 4 is 28.2 Å². The van der Waals surface area contributed by atoms with Gasteiger partial charge in [-0.25, -0.2) is 4.79 Å². The molecule has 1 aromatic heterocycles. The second kappa shape index (κ2) is 6.18. The van der Waals surface area contributed by atoms with Crippen LogP contribution in [0.4, 0.5) is 18.2 Å². The van der Waals surface area contributed by atoms with E-state index in [1.54, 1.807) is 5.38 Å². The molecule has 0 fully saturated rings. The number of thiophene rings is 1. The van der Waals surface area contributed by atoms with Crippen LogP contribution in [0, 0.1) is 0 Å². The molecular weight excluding hydrogens is 319 g/mol. The van der Waals surface area contributed by atoms with Gasteiger partial charge in [0, 0.05) is 5.56 Å². The van der Waals surface area contributed by atoms with E-state index in [0.717, 1.165) is 35.6 Å². The molecule has 1 heterocycles. The molecule has 0 atom stereocenters. The van der Waals surface area contributed by atoms with Crippen molar-refractivity contribution < 1.29 is 27.5 Å². The van der Waals surface area contributed by atoms with Gasteiger partial charge in [-0.05, 0) is 35.7 Å². The molecule has 0 bridgehead atoms. The highest BCUT2D eigenvalue weighted by Crippen LogP contribution is 2.29. The lowest BCUT2D eigenvalue weighted by atomic mass is 10.1. The fraction of sp³-hybridized carbons (Fsp3) is 0.143. The minimum Gasteiger partial charge on any atom is -0.465 e. The number of benzene rings is 1. The largest absolute Gasteiger partial charge is 0.465 e. The Morgan fingerprint density at radius 3 is 2.32 bits per heavy atom. The zero-order chi connectivity index (χ0) is 16.3. The molecule has 0 aliphatic heterocycles. The van der Waals surface area contributed by atoms with Gasteiger partial charge in [0.2, 0.25) is 0 Å². The molecule has 2 rings (SSSR count). The van der Waals surface area contributed by atoms with Gasteiger partial charge in [-0.3, -0.25) is 4.79 Å². The van der Waals surface area contributed by atoms with Crippen molar-refractivity contribution in [3.63, 3.8) is 0 Å². The highest BCUT2D eigenvalue weighted by Gasteiger charge is 2.30. The highest BCUT2D eigenvalue weighted by atomic mass is 32.1. The fourth-order valence-corrected chi connectivity index (χ4v) is 2.43. The van der Waals surface area contributed by atoms with E-state index in [1.807, 2.05) is 0 Å². The number of hydrogen-bond donors (Lipinski definition) is 1. The number of halogens is 3. The molecule has 0 spiro atoms. The number of esters is 1. The Morgan fingerprint density at radius 1 is 1.14 bits per heavy atom. The lowest BCUT2D eigenvalue weighted by Gasteiger charge is -2.08. The average Bonchev–Trinajstić information content (AvgIpc) is 2.93. The minimum atomic E-state index is -4.46. The van der Waals surface area contributed by atoms with Crippen molar-refractivity contribution in [3.05, 3.63) is 52.4 Å². The molecular formula is C14H10F3NO3S. The quantitative estimate of drug-likeness (QED) is 0.871. The van der Waals surface area contributed by atoms with E-state index < -0.39 is 23.6 Å². The Bertz CT molecular complexity index is 692. The molecule has 1 aromatic carbocycles. The average molecular weight is 329 g/mol. The molecule has 0 unspecified atom stereocenters. The molecule has 0 saturated heterocycles. The summed E-state index contributed by atoms with van der Waals surface area (Å²) in [6.07, 6.45) is -4.46. The number of anilines is 1. The predicted molar refractivity (Wildman–Crippen MR) is 75.1 cm³/mol. The number of carbonyl (C=O) groups excluding carboxylic acids is 2. The number of hydrogen-bond acceptors (Lipinski definition) is 4. The van der Waals surface area contributed by atoms with Gasteiger partial charge in [0.25, 0.3) is 5.91 Å². The van der Waals surface area contributed by atoms with Gasteiger partial charge in [-0.2, -0.15) is 13.2 Å². The van der Waals surface area contributed by atoms with Crippen LogP contribution >= 0.6 is 11.3 Å². The van der Waals surface area contributed by atoms with Crippen LogP contribution in [0.5, 0.6) is 0 Å². The van der Waals surface area contributed by atoms with Gasteiger partial charge < -0.3 is 10.1 Å².